The normalized spacial score (nSPS) is 11.5. The van der Waals surface area contributed by atoms with E-state index in [-0.39, 0.29) is 0 Å². The zero-order valence-electron chi connectivity index (χ0n) is 17.8. The van der Waals surface area contributed by atoms with Crippen LogP contribution in [0.4, 0.5) is 0 Å². The van der Waals surface area contributed by atoms with Crippen molar-refractivity contribution in [2.24, 2.45) is 0 Å². The number of allylic oxidation sites excluding steroid dienone is 2. The van der Waals surface area contributed by atoms with Crippen LogP contribution in [0.1, 0.15) is 30.5 Å². The van der Waals surface area contributed by atoms with Crippen LogP contribution in [-0.4, -0.2) is 0 Å². The topological polar surface area (TPSA) is 0 Å². The molecule has 0 spiro atoms. The highest BCUT2D eigenvalue weighted by molar-refractivity contribution is 5.70. The molecule has 0 amide bonds. The van der Waals surface area contributed by atoms with Gasteiger partial charge in [-0.2, -0.15) is 0 Å². The summed E-state index contributed by atoms with van der Waals surface area (Å²) in [5.41, 5.74) is 10.4. The quantitative estimate of drug-likeness (QED) is 0.312. The van der Waals surface area contributed by atoms with Crippen LogP contribution in [0.2, 0.25) is 0 Å². The van der Waals surface area contributed by atoms with Crippen LogP contribution in [0, 0.1) is 0 Å². The minimum absolute atomic E-state index is 0.938. The number of hydrogen-bond donors (Lipinski definition) is 0. The van der Waals surface area contributed by atoms with E-state index in [1.54, 1.807) is 0 Å². The van der Waals surface area contributed by atoms with Crippen molar-refractivity contribution in [2.75, 3.05) is 0 Å². The molecule has 0 aliphatic rings. The summed E-state index contributed by atoms with van der Waals surface area (Å²) >= 11 is 0. The van der Waals surface area contributed by atoms with E-state index in [1.165, 1.54) is 44.5 Å². The maximum absolute atomic E-state index is 2.33. The zero-order valence-corrected chi connectivity index (χ0v) is 17.8. The molecule has 4 aromatic rings. The van der Waals surface area contributed by atoms with Gasteiger partial charge in [0.05, 0.1) is 0 Å². The molecule has 0 saturated heterocycles. The van der Waals surface area contributed by atoms with Gasteiger partial charge in [-0.1, -0.05) is 116 Å². The molecule has 0 N–H and O–H groups in total. The Labute approximate surface area is 180 Å². The number of hydrogen-bond acceptors (Lipinski definition) is 0. The predicted molar refractivity (Wildman–Crippen MR) is 130 cm³/mol. The van der Waals surface area contributed by atoms with Crippen LogP contribution in [0.25, 0.3) is 27.8 Å². The molecule has 0 atom stereocenters. The molecular formula is C30H28. The molecule has 148 valence electrons. The predicted octanol–water partition coefficient (Wildman–Crippen LogP) is 8.23. The first-order chi connectivity index (χ1) is 14.7. The van der Waals surface area contributed by atoms with Gasteiger partial charge in [-0.3, -0.25) is 0 Å². The minimum Gasteiger partial charge on any atom is -0.0766 e. The zero-order chi connectivity index (χ0) is 20.8. The molecule has 0 bridgehead atoms. The van der Waals surface area contributed by atoms with Gasteiger partial charge in [-0.05, 0) is 64.3 Å². The molecule has 0 heteroatoms. The van der Waals surface area contributed by atoms with Gasteiger partial charge in [0.15, 0.2) is 0 Å². The first-order valence-electron chi connectivity index (χ1n) is 10.7. The Morgan fingerprint density at radius 3 is 1.83 bits per heavy atom. The van der Waals surface area contributed by atoms with Crippen molar-refractivity contribution in [1.29, 1.82) is 0 Å². The van der Waals surface area contributed by atoms with Crippen molar-refractivity contribution in [3.8, 4) is 22.3 Å². The SMILES string of the molecule is CCc1cccc(-c2cccc(C/C=C(\C)c3ccc(-c4ccccc4)cc3)c2)c1. The lowest BCUT2D eigenvalue weighted by molar-refractivity contribution is 1.14. The van der Waals surface area contributed by atoms with E-state index in [0.29, 0.717) is 0 Å². The number of rotatable bonds is 6. The van der Waals surface area contributed by atoms with Crippen LogP contribution >= 0.6 is 0 Å². The molecule has 0 radical (unpaired) electrons. The Kier molecular flexibility index (Phi) is 6.25. The van der Waals surface area contributed by atoms with Crippen LogP contribution in [-0.2, 0) is 12.8 Å². The average molecular weight is 389 g/mol. The van der Waals surface area contributed by atoms with Crippen molar-refractivity contribution in [1.82, 2.24) is 0 Å². The second-order valence-corrected chi connectivity index (χ2v) is 7.79. The average Bonchev–Trinajstić information content (AvgIpc) is 2.83. The van der Waals surface area contributed by atoms with Gasteiger partial charge in [0.2, 0.25) is 0 Å². The monoisotopic (exact) mass is 388 g/mol. The van der Waals surface area contributed by atoms with Crippen molar-refractivity contribution in [3.05, 3.63) is 126 Å². The minimum atomic E-state index is 0.938. The highest BCUT2D eigenvalue weighted by Crippen LogP contribution is 2.24. The van der Waals surface area contributed by atoms with Crippen LogP contribution < -0.4 is 0 Å². The fourth-order valence-electron chi connectivity index (χ4n) is 3.79. The molecule has 0 aliphatic carbocycles. The largest absolute Gasteiger partial charge is 0.0766 e. The van der Waals surface area contributed by atoms with E-state index < -0.39 is 0 Å². The molecular weight excluding hydrogens is 360 g/mol. The van der Waals surface area contributed by atoms with Crippen LogP contribution in [0.3, 0.4) is 0 Å². The van der Waals surface area contributed by atoms with Gasteiger partial charge in [0, 0.05) is 0 Å². The Morgan fingerprint density at radius 1 is 0.600 bits per heavy atom. The van der Waals surface area contributed by atoms with E-state index in [0.717, 1.165) is 12.8 Å². The molecule has 4 aromatic carbocycles. The Hall–Kier alpha value is -3.38. The Balaban J connectivity index is 1.49. The van der Waals surface area contributed by atoms with E-state index >= 15 is 0 Å². The standard InChI is InChI=1S/C30H28/c1-3-24-9-7-13-29(21-24)30-14-8-10-25(22-30)16-15-23(2)26-17-19-28(20-18-26)27-11-5-4-6-12-27/h4-15,17-22H,3,16H2,1-2H3/b23-15+. The summed E-state index contributed by atoms with van der Waals surface area (Å²) in [6, 6.07) is 37.2. The molecule has 0 aliphatic heterocycles. The molecule has 0 fully saturated rings. The smallest absolute Gasteiger partial charge is 0.00913 e. The fourth-order valence-corrected chi connectivity index (χ4v) is 3.79. The molecule has 4 rings (SSSR count). The summed E-state index contributed by atoms with van der Waals surface area (Å²) in [5.74, 6) is 0. The lowest BCUT2D eigenvalue weighted by atomic mass is 9.97. The Bertz CT molecular complexity index is 1130. The number of benzene rings is 4. The van der Waals surface area contributed by atoms with Crippen LogP contribution in [0.5, 0.6) is 0 Å². The Morgan fingerprint density at radius 2 is 1.17 bits per heavy atom. The molecule has 0 unspecified atom stereocenters. The first kappa shape index (κ1) is 19.9. The van der Waals surface area contributed by atoms with E-state index in [1.807, 2.05) is 0 Å². The van der Waals surface area contributed by atoms with E-state index in [2.05, 4.69) is 123 Å². The van der Waals surface area contributed by atoms with Crippen molar-refractivity contribution < 1.29 is 0 Å². The van der Waals surface area contributed by atoms with Gasteiger partial charge in [0.1, 0.15) is 0 Å². The van der Waals surface area contributed by atoms with E-state index in [4.69, 9.17) is 0 Å². The van der Waals surface area contributed by atoms with Crippen LogP contribution in [0.15, 0.2) is 109 Å². The maximum Gasteiger partial charge on any atom is -0.00913 e. The molecule has 0 saturated carbocycles. The summed E-state index contributed by atoms with van der Waals surface area (Å²) in [6.45, 7) is 4.40. The lowest BCUT2D eigenvalue weighted by Gasteiger charge is -2.08. The highest BCUT2D eigenvalue weighted by Gasteiger charge is 2.02. The third-order valence-electron chi connectivity index (χ3n) is 5.69. The van der Waals surface area contributed by atoms with E-state index in [9.17, 15) is 0 Å². The van der Waals surface area contributed by atoms with Gasteiger partial charge >= 0.3 is 0 Å². The van der Waals surface area contributed by atoms with Gasteiger partial charge in [0.25, 0.3) is 0 Å². The summed E-state index contributed by atoms with van der Waals surface area (Å²) in [5, 5.41) is 0. The molecule has 0 aromatic heterocycles. The third-order valence-corrected chi connectivity index (χ3v) is 5.69. The summed E-state index contributed by atoms with van der Waals surface area (Å²) < 4.78 is 0. The van der Waals surface area contributed by atoms with Gasteiger partial charge < -0.3 is 0 Å². The molecule has 0 nitrogen and oxygen atoms in total. The van der Waals surface area contributed by atoms with Crippen molar-refractivity contribution >= 4 is 5.57 Å². The highest BCUT2D eigenvalue weighted by atomic mass is 14.1. The fraction of sp³-hybridized carbons (Fsp3) is 0.133. The van der Waals surface area contributed by atoms with Gasteiger partial charge in [-0.15, -0.1) is 0 Å². The lowest BCUT2D eigenvalue weighted by Crippen LogP contribution is -1.87. The summed E-state index contributed by atoms with van der Waals surface area (Å²) in [7, 11) is 0. The van der Waals surface area contributed by atoms with Gasteiger partial charge in [-0.25, -0.2) is 0 Å². The first-order valence-corrected chi connectivity index (χ1v) is 10.7. The summed E-state index contributed by atoms with van der Waals surface area (Å²) in [6.07, 6.45) is 4.34. The second kappa shape index (κ2) is 9.41. The van der Waals surface area contributed by atoms with Crippen molar-refractivity contribution in [2.45, 2.75) is 26.7 Å². The molecule has 0 heterocycles. The van der Waals surface area contributed by atoms with Crippen molar-refractivity contribution in [3.63, 3.8) is 0 Å². The molecule has 30 heavy (non-hydrogen) atoms. The maximum atomic E-state index is 2.33. The summed E-state index contributed by atoms with van der Waals surface area (Å²) in [4.78, 5) is 0. The third kappa shape index (κ3) is 4.78. The number of aryl methyl sites for hydroxylation is 1. The second-order valence-electron chi connectivity index (χ2n) is 7.79.